The quantitative estimate of drug-likeness (QED) is 0.137. The van der Waals surface area contributed by atoms with Crippen molar-refractivity contribution in [3.63, 3.8) is 0 Å². The number of unbranched alkanes of at least 4 members (excludes halogenated alkanes) is 1. The van der Waals surface area contributed by atoms with E-state index in [4.69, 9.17) is 9.47 Å². The molecule has 3 rings (SSSR count). The summed E-state index contributed by atoms with van der Waals surface area (Å²) in [6, 6.07) is 12.9. The summed E-state index contributed by atoms with van der Waals surface area (Å²) in [7, 11) is 1.70. The number of aryl methyl sites for hydroxylation is 1. The van der Waals surface area contributed by atoms with Crippen LogP contribution in [0.1, 0.15) is 53.8 Å². The fourth-order valence-corrected chi connectivity index (χ4v) is 6.34. The third-order valence-electron chi connectivity index (χ3n) is 7.03. The van der Waals surface area contributed by atoms with E-state index in [1.807, 2.05) is 18.2 Å². The molecular formula is C30H39BrO6S. The lowest BCUT2D eigenvalue weighted by Gasteiger charge is -2.20. The van der Waals surface area contributed by atoms with Gasteiger partial charge in [-0.25, -0.2) is 4.79 Å². The van der Waals surface area contributed by atoms with Crippen molar-refractivity contribution in [2.45, 2.75) is 69.4 Å². The van der Waals surface area contributed by atoms with E-state index in [1.165, 1.54) is 4.88 Å². The minimum absolute atomic E-state index is 0.0486. The predicted octanol–water partition coefficient (Wildman–Crippen LogP) is 5.71. The molecule has 0 saturated heterocycles. The first-order valence-corrected chi connectivity index (χ1v) is 14.9. The molecule has 1 heterocycles. The number of methoxy groups -OCH3 is 1. The summed E-state index contributed by atoms with van der Waals surface area (Å²) >= 11 is 5.22. The van der Waals surface area contributed by atoms with Crippen LogP contribution in [0, 0.1) is 11.8 Å². The van der Waals surface area contributed by atoms with Gasteiger partial charge in [-0.05, 0) is 84.6 Å². The number of aliphatic hydroxyl groups is 3. The van der Waals surface area contributed by atoms with Gasteiger partial charge in [-0.3, -0.25) is 0 Å². The smallest absolute Gasteiger partial charge is 0.338 e. The maximum atomic E-state index is 12.2. The Balaban J connectivity index is 1.42. The van der Waals surface area contributed by atoms with Crippen LogP contribution in [0.2, 0.25) is 0 Å². The SMILES string of the molecule is CO[C@H](/C=C/[C@@H]1[C@@H](C/C=C\CCCC(CO)OC(=O)c2ccccc2)[C@@H](O)C[C@H]1O)CCc1ccc(Br)s1. The van der Waals surface area contributed by atoms with Gasteiger partial charge < -0.3 is 24.8 Å². The van der Waals surface area contributed by atoms with Gasteiger partial charge in [-0.1, -0.05) is 42.5 Å². The van der Waals surface area contributed by atoms with E-state index < -0.39 is 24.3 Å². The number of esters is 1. The van der Waals surface area contributed by atoms with Crippen LogP contribution in [0.3, 0.4) is 0 Å². The van der Waals surface area contributed by atoms with Crippen LogP contribution in [0.25, 0.3) is 0 Å². The molecule has 0 radical (unpaired) electrons. The van der Waals surface area contributed by atoms with Crippen molar-refractivity contribution in [1.29, 1.82) is 0 Å². The molecule has 1 aromatic carbocycles. The van der Waals surface area contributed by atoms with Gasteiger partial charge in [0.15, 0.2) is 0 Å². The van der Waals surface area contributed by atoms with Crippen molar-refractivity contribution in [3.8, 4) is 0 Å². The maximum absolute atomic E-state index is 12.2. The fraction of sp³-hybridized carbons (Fsp3) is 0.500. The molecule has 0 aliphatic heterocycles. The number of carbonyl (C=O) groups is 1. The normalized spacial score (nSPS) is 23.3. The molecule has 1 saturated carbocycles. The van der Waals surface area contributed by atoms with E-state index in [0.29, 0.717) is 24.8 Å². The molecule has 1 fully saturated rings. The average Bonchev–Trinajstić information content (AvgIpc) is 3.46. The molecule has 0 amide bonds. The second kappa shape index (κ2) is 16.3. The van der Waals surface area contributed by atoms with E-state index in [2.05, 4.69) is 40.2 Å². The molecule has 208 valence electrons. The molecular weight excluding hydrogens is 568 g/mol. The standard InChI is InChI=1S/C30H39BrO6S/c1-36-22(13-15-24-16-18-29(31)38-24)14-17-26-25(27(33)19-28(26)34)12-8-3-2-7-11-23(20-32)37-30(35)21-9-5-4-6-10-21/h3-6,8-10,14,16-18,22-23,25-28,32-34H,2,7,11-13,15,19-20H2,1H3/b8-3-,17-14+/t22-,23?,25+,26+,27-,28+/m0/s1. The van der Waals surface area contributed by atoms with Crippen LogP contribution in [0.4, 0.5) is 0 Å². The number of hydrogen-bond donors (Lipinski definition) is 3. The summed E-state index contributed by atoms with van der Waals surface area (Å²) in [6.45, 7) is -0.213. The highest BCUT2D eigenvalue weighted by molar-refractivity contribution is 9.11. The van der Waals surface area contributed by atoms with Gasteiger partial charge in [0, 0.05) is 24.3 Å². The van der Waals surface area contributed by atoms with E-state index in [9.17, 15) is 20.1 Å². The summed E-state index contributed by atoms with van der Waals surface area (Å²) in [6.07, 6.45) is 11.4. The van der Waals surface area contributed by atoms with Crippen molar-refractivity contribution in [2.75, 3.05) is 13.7 Å². The number of rotatable bonds is 15. The topological polar surface area (TPSA) is 96.2 Å². The second-order valence-electron chi connectivity index (χ2n) is 9.73. The summed E-state index contributed by atoms with van der Waals surface area (Å²) < 4.78 is 12.2. The van der Waals surface area contributed by atoms with Crippen molar-refractivity contribution >= 4 is 33.2 Å². The monoisotopic (exact) mass is 606 g/mol. The Hall–Kier alpha value is -1.81. The molecule has 38 heavy (non-hydrogen) atoms. The van der Waals surface area contributed by atoms with Crippen molar-refractivity contribution in [2.24, 2.45) is 11.8 Å². The molecule has 0 spiro atoms. The predicted molar refractivity (Wildman–Crippen MR) is 154 cm³/mol. The highest BCUT2D eigenvalue weighted by Crippen LogP contribution is 2.36. The molecule has 2 aromatic rings. The molecule has 6 atom stereocenters. The Kier molecular flexibility index (Phi) is 13.2. The van der Waals surface area contributed by atoms with Crippen LogP contribution >= 0.6 is 27.3 Å². The summed E-state index contributed by atoms with van der Waals surface area (Å²) in [5.74, 6) is -0.608. The Morgan fingerprint density at radius 1 is 1.13 bits per heavy atom. The summed E-state index contributed by atoms with van der Waals surface area (Å²) in [5, 5.41) is 30.7. The van der Waals surface area contributed by atoms with Gasteiger partial charge in [0.1, 0.15) is 6.10 Å². The Labute approximate surface area is 238 Å². The Bertz CT molecular complexity index is 1020. The zero-order valence-electron chi connectivity index (χ0n) is 21.8. The lowest BCUT2D eigenvalue weighted by Crippen LogP contribution is -2.22. The molecule has 3 N–H and O–H groups in total. The average molecular weight is 608 g/mol. The largest absolute Gasteiger partial charge is 0.456 e. The summed E-state index contributed by atoms with van der Waals surface area (Å²) in [5.41, 5.74) is 0.472. The van der Waals surface area contributed by atoms with E-state index in [0.717, 1.165) is 29.5 Å². The minimum Gasteiger partial charge on any atom is -0.456 e. The number of allylic oxidation sites excluding steroid dienone is 2. The van der Waals surface area contributed by atoms with Crippen LogP contribution < -0.4 is 0 Å². The summed E-state index contributed by atoms with van der Waals surface area (Å²) in [4.78, 5) is 13.5. The van der Waals surface area contributed by atoms with Crippen LogP contribution in [0.15, 0.2) is 70.6 Å². The van der Waals surface area contributed by atoms with Crippen molar-refractivity contribution < 1.29 is 29.6 Å². The van der Waals surface area contributed by atoms with Gasteiger partial charge >= 0.3 is 5.97 Å². The number of aliphatic hydroxyl groups excluding tert-OH is 3. The zero-order chi connectivity index (χ0) is 27.3. The highest BCUT2D eigenvalue weighted by Gasteiger charge is 2.39. The fourth-order valence-electron chi connectivity index (χ4n) is 4.84. The molecule has 1 aliphatic rings. The van der Waals surface area contributed by atoms with Gasteiger partial charge in [0.25, 0.3) is 0 Å². The first kappa shape index (κ1) is 30.7. The van der Waals surface area contributed by atoms with Crippen molar-refractivity contribution in [3.05, 3.63) is 81.0 Å². The molecule has 0 bridgehead atoms. The Morgan fingerprint density at radius 2 is 1.92 bits per heavy atom. The zero-order valence-corrected chi connectivity index (χ0v) is 24.2. The number of carbonyl (C=O) groups excluding carboxylic acids is 1. The molecule has 1 aromatic heterocycles. The number of ether oxygens (including phenoxy) is 2. The third kappa shape index (κ3) is 9.74. The second-order valence-corrected chi connectivity index (χ2v) is 12.3. The number of benzene rings is 1. The highest BCUT2D eigenvalue weighted by atomic mass is 79.9. The maximum Gasteiger partial charge on any atom is 0.338 e. The molecule has 1 aliphatic carbocycles. The van der Waals surface area contributed by atoms with Crippen molar-refractivity contribution in [1.82, 2.24) is 0 Å². The van der Waals surface area contributed by atoms with E-state index >= 15 is 0 Å². The number of thiophene rings is 1. The lowest BCUT2D eigenvalue weighted by atomic mass is 9.89. The minimum atomic E-state index is -0.574. The van der Waals surface area contributed by atoms with Gasteiger partial charge in [0.2, 0.25) is 0 Å². The Morgan fingerprint density at radius 3 is 2.61 bits per heavy atom. The van der Waals surface area contributed by atoms with Crippen LogP contribution in [-0.4, -0.2) is 59.4 Å². The number of halogens is 1. The first-order valence-electron chi connectivity index (χ1n) is 13.2. The molecule has 8 heteroatoms. The van der Waals surface area contributed by atoms with Gasteiger partial charge in [0.05, 0.1) is 34.3 Å². The molecule has 1 unspecified atom stereocenters. The van der Waals surface area contributed by atoms with Crippen LogP contribution in [0.5, 0.6) is 0 Å². The van der Waals surface area contributed by atoms with Crippen LogP contribution in [-0.2, 0) is 15.9 Å². The number of hydrogen-bond acceptors (Lipinski definition) is 7. The third-order valence-corrected chi connectivity index (χ3v) is 8.71. The lowest BCUT2D eigenvalue weighted by molar-refractivity contribution is 0.0110. The van der Waals surface area contributed by atoms with Gasteiger partial charge in [-0.2, -0.15) is 0 Å². The van der Waals surface area contributed by atoms with E-state index in [-0.39, 0.29) is 24.5 Å². The molecule has 6 nitrogen and oxygen atoms in total. The van der Waals surface area contributed by atoms with E-state index in [1.54, 1.807) is 42.7 Å². The first-order chi connectivity index (χ1) is 18.4. The van der Waals surface area contributed by atoms with Gasteiger partial charge in [-0.15, -0.1) is 11.3 Å².